The number of amides is 2. The van der Waals surface area contributed by atoms with Gasteiger partial charge in [0.15, 0.2) is 0 Å². The average molecular weight is 540 g/mol. The van der Waals surface area contributed by atoms with Crippen LogP contribution >= 0.6 is 0 Å². The first kappa shape index (κ1) is 28.8. The smallest absolute Gasteiger partial charge is 0.264 e. The number of halogens is 1. The van der Waals surface area contributed by atoms with Crippen molar-refractivity contribution >= 4 is 27.5 Å². The SMILES string of the molecule is CC[C@@H](C(=O)NC(C)(C)C)N(Cc1ccccc1)C(=O)CN(c1ccccc1F)S(=O)(=O)c1ccccc1. The molecule has 0 aromatic heterocycles. The van der Waals surface area contributed by atoms with Gasteiger partial charge < -0.3 is 10.2 Å². The predicted molar refractivity (Wildman–Crippen MR) is 146 cm³/mol. The molecule has 0 aliphatic carbocycles. The summed E-state index contributed by atoms with van der Waals surface area (Å²) in [5.74, 6) is -1.77. The van der Waals surface area contributed by atoms with Crippen molar-refractivity contribution in [3.63, 3.8) is 0 Å². The number of rotatable bonds is 10. The highest BCUT2D eigenvalue weighted by Gasteiger charge is 2.35. The van der Waals surface area contributed by atoms with E-state index >= 15 is 0 Å². The summed E-state index contributed by atoms with van der Waals surface area (Å²) >= 11 is 0. The number of carbonyl (C=O) groups excluding carboxylic acids is 2. The van der Waals surface area contributed by atoms with E-state index in [1.165, 1.54) is 35.2 Å². The van der Waals surface area contributed by atoms with Crippen LogP contribution in [-0.2, 0) is 26.2 Å². The number of anilines is 1. The average Bonchev–Trinajstić information content (AvgIpc) is 2.87. The van der Waals surface area contributed by atoms with Gasteiger partial charge in [0.1, 0.15) is 18.4 Å². The number of nitrogens with one attached hydrogen (secondary N) is 1. The van der Waals surface area contributed by atoms with Gasteiger partial charge in [0, 0.05) is 12.1 Å². The van der Waals surface area contributed by atoms with Crippen LogP contribution in [0.3, 0.4) is 0 Å². The minimum atomic E-state index is -4.31. The predicted octanol–water partition coefficient (Wildman–Crippen LogP) is 4.74. The Hall–Kier alpha value is -3.72. The van der Waals surface area contributed by atoms with E-state index < -0.39 is 39.9 Å². The van der Waals surface area contributed by atoms with Crippen molar-refractivity contribution in [2.24, 2.45) is 0 Å². The number of benzene rings is 3. The summed E-state index contributed by atoms with van der Waals surface area (Å²) in [6, 6.07) is 21.2. The van der Waals surface area contributed by atoms with Gasteiger partial charge in [-0.3, -0.25) is 13.9 Å². The molecule has 0 radical (unpaired) electrons. The van der Waals surface area contributed by atoms with Crippen LogP contribution in [0.2, 0.25) is 0 Å². The molecule has 0 spiro atoms. The lowest BCUT2D eigenvalue weighted by molar-refractivity contribution is -0.141. The highest BCUT2D eigenvalue weighted by Crippen LogP contribution is 2.27. The molecule has 0 aliphatic heterocycles. The number of sulfonamides is 1. The molecular weight excluding hydrogens is 505 g/mol. The van der Waals surface area contributed by atoms with E-state index in [0.717, 1.165) is 15.9 Å². The number of nitrogens with zero attached hydrogens (tertiary/aromatic N) is 2. The van der Waals surface area contributed by atoms with Crippen molar-refractivity contribution in [1.82, 2.24) is 10.2 Å². The molecule has 0 saturated carbocycles. The van der Waals surface area contributed by atoms with Crippen LogP contribution < -0.4 is 9.62 Å². The molecule has 1 N–H and O–H groups in total. The van der Waals surface area contributed by atoms with Gasteiger partial charge in [-0.25, -0.2) is 12.8 Å². The summed E-state index contributed by atoms with van der Waals surface area (Å²) in [5.41, 5.74) is -0.0234. The topological polar surface area (TPSA) is 86.8 Å². The van der Waals surface area contributed by atoms with Crippen LogP contribution in [0.4, 0.5) is 10.1 Å². The molecule has 3 rings (SSSR count). The first-order valence-corrected chi connectivity index (χ1v) is 13.9. The van der Waals surface area contributed by atoms with Gasteiger partial charge in [-0.15, -0.1) is 0 Å². The third-order valence-corrected chi connectivity index (χ3v) is 7.59. The Kier molecular flexibility index (Phi) is 9.27. The number of para-hydroxylation sites is 1. The van der Waals surface area contributed by atoms with Gasteiger partial charge in [-0.05, 0) is 57.0 Å². The summed E-state index contributed by atoms with van der Waals surface area (Å²) in [5, 5.41) is 2.92. The number of hydrogen-bond acceptors (Lipinski definition) is 4. The quantitative estimate of drug-likeness (QED) is 0.403. The third-order valence-electron chi connectivity index (χ3n) is 5.81. The Labute approximate surface area is 224 Å². The molecule has 0 heterocycles. The first-order chi connectivity index (χ1) is 17.9. The molecule has 202 valence electrons. The van der Waals surface area contributed by atoms with Crippen LogP contribution in [0.5, 0.6) is 0 Å². The van der Waals surface area contributed by atoms with E-state index in [1.807, 2.05) is 51.1 Å². The molecule has 9 heteroatoms. The minimum absolute atomic E-state index is 0.0756. The van der Waals surface area contributed by atoms with Crippen LogP contribution in [0, 0.1) is 5.82 Å². The van der Waals surface area contributed by atoms with E-state index in [-0.39, 0.29) is 23.0 Å². The molecule has 1 atom stereocenters. The largest absolute Gasteiger partial charge is 0.350 e. The molecule has 3 aromatic carbocycles. The molecule has 0 saturated heterocycles. The second-order valence-corrected chi connectivity index (χ2v) is 11.8. The fraction of sp³-hybridized carbons (Fsp3) is 0.310. The van der Waals surface area contributed by atoms with Crippen LogP contribution in [0.1, 0.15) is 39.7 Å². The zero-order valence-electron chi connectivity index (χ0n) is 22.1. The van der Waals surface area contributed by atoms with Crippen molar-refractivity contribution < 1.29 is 22.4 Å². The van der Waals surface area contributed by atoms with Gasteiger partial charge in [-0.2, -0.15) is 0 Å². The molecule has 7 nitrogen and oxygen atoms in total. The maximum absolute atomic E-state index is 14.9. The van der Waals surface area contributed by atoms with Gasteiger partial charge in [0.05, 0.1) is 10.6 Å². The standard InChI is InChI=1S/C29H34FN3O4S/c1-5-25(28(35)31-29(2,3)4)32(20-22-14-8-6-9-15-22)27(34)21-33(26-19-13-12-18-24(26)30)38(36,37)23-16-10-7-11-17-23/h6-19,25H,5,20-21H2,1-4H3,(H,31,35)/t25-/m0/s1. The Morgan fingerprint density at radius 2 is 1.45 bits per heavy atom. The first-order valence-electron chi connectivity index (χ1n) is 12.4. The van der Waals surface area contributed by atoms with E-state index in [0.29, 0.717) is 6.42 Å². The Morgan fingerprint density at radius 1 is 0.895 bits per heavy atom. The third kappa shape index (κ3) is 7.19. The summed E-state index contributed by atoms with van der Waals surface area (Å²) in [7, 11) is -4.31. The van der Waals surface area contributed by atoms with Crippen molar-refractivity contribution in [2.45, 2.75) is 57.1 Å². The maximum atomic E-state index is 14.9. The van der Waals surface area contributed by atoms with Crippen LogP contribution in [0.25, 0.3) is 0 Å². The van der Waals surface area contributed by atoms with Crippen molar-refractivity contribution in [1.29, 1.82) is 0 Å². The second kappa shape index (κ2) is 12.2. The molecule has 0 fully saturated rings. The lowest BCUT2D eigenvalue weighted by Gasteiger charge is -2.34. The molecule has 0 aliphatic rings. The molecule has 2 amide bonds. The maximum Gasteiger partial charge on any atom is 0.264 e. The van der Waals surface area contributed by atoms with E-state index in [1.54, 1.807) is 25.1 Å². The Balaban J connectivity index is 2.06. The Morgan fingerprint density at radius 3 is 2.00 bits per heavy atom. The minimum Gasteiger partial charge on any atom is -0.350 e. The molecule has 0 bridgehead atoms. The Bertz CT molecular complexity index is 1340. The number of hydrogen-bond donors (Lipinski definition) is 1. The second-order valence-electron chi connectivity index (χ2n) is 9.95. The van der Waals surface area contributed by atoms with Crippen molar-refractivity contribution in [3.05, 3.63) is 96.3 Å². The monoisotopic (exact) mass is 539 g/mol. The summed E-state index contributed by atoms with van der Waals surface area (Å²) in [6.07, 6.45) is 0.297. The molecular formula is C29H34FN3O4S. The van der Waals surface area contributed by atoms with Crippen LogP contribution in [-0.4, -0.2) is 43.3 Å². The zero-order chi connectivity index (χ0) is 27.9. The van der Waals surface area contributed by atoms with Crippen molar-refractivity contribution in [2.75, 3.05) is 10.8 Å². The summed E-state index contributed by atoms with van der Waals surface area (Å²) < 4.78 is 43.0. The van der Waals surface area contributed by atoms with Gasteiger partial charge >= 0.3 is 0 Å². The van der Waals surface area contributed by atoms with E-state index in [4.69, 9.17) is 0 Å². The van der Waals surface area contributed by atoms with Gasteiger partial charge in [0.25, 0.3) is 10.0 Å². The molecule has 38 heavy (non-hydrogen) atoms. The van der Waals surface area contributed by atoms with Gasteiger partial charge in [0.2, 0.25) is 11.8 Å². The highest BCUT2D eigenvalue weighted by atomic mass is 32.2. The molecule has 0 unspecified atom stereocenters. The highest BCUT2D eigenvalue weighted by molar-refractivity contribution is 7.92. The summed E-state index contributed by atoms with van der Waals surface area (Å²) in [4.78, 5) is 28.5. The fourth-order valence-electron chi connectivity index (χ4n) is 4.04. The normalized spacial score (nSPS) is 12.4. The van der Waals surface area contributed by atoms with Crippen molar-refractivity contribution in [3.8, 4) is 0 Å². The van der Waals surface area contributed by atoms with E-state index in [9.17, 15) is 22.4 Å². The summed E-state index contributed by atoms with van der Waals surface area (Å²) in [6.45, 7) is 6.69. The van der Waals surface area contributed by atoms with E-state index in [2.05, 4.69) is 5.32 Å². The fourth-order valence-corrected chi connectivity index (χ4v) is 5.48. The lowest BCUT2D eigenvalue weighted by atomic mass is 10.1. The zero-order valence-corrected chi connectivity index (χ0v) is 22.9. The van der Waals surface area contributed by atoms with Crippen LogP contribution in [0.15, 0.2) is 89.8 Å². The van der Waals surface area contributed by atoms with Gasteiger partial charge in [-0.1, -0.05) is 67.6 Å². The number of carbonyl (C=O) groups is 2. The molecule has 3 aromatic rings. The lowest BCUT2D eigenvalue weighted by Crippen LogP contribution is -2.55.